The van der Waals surface area contributed by atoms with Crippen LogP contribution in [0.25, 0.3) is 22.4 Å². The minimum absolute atomic E-state index is 0.0663. The van der Waals surface area contributed by atoms with Gasteiger partial charge in [0.15, 0.2) is 0 Å². The molecule has 4 heteroatoms. The number of aromatic nitrogens is 2. The third kappa shape index (κ3) is 2.19. The van der Waals surface area contributed by atoms with Crippen LogP contribution >= 0.6 is 11.6 Å². The zero-order valence-corrected chi connectivity index (χ0v) is 11.9. The molecule has 1 heterocycles. The standard InChI is InChI=1S/C16H15ClN2O/c1-11-4-2-3-5-13(11)16-18-14-7-6-12(17)10-15(14)19(16)8-9-20/h2-7,10,20H,8-9H2,1H3. The zero-order chi connectivity index (χ0) is 14.1. The maximum atomic E-state index is 9.33. The first-order valence-electron chi connectivity index (χ1n) is 6.53. The topological polar surface area (TPSA) is 38.0 Å². The average Bonchev–Trinajstić information content (AvgIpc) is 2.78. The molecule has 0 aliphatic rings. The molecule has 0 fully saturated rings. The number of aryl methyl sites for hydroxylation is 1. The van der Waals surface area contributed by atoms with Gasteiger partial charge >= 0.3 is 0 Å². The highest BCUT2D eigenvalue weighted by Gasteiger charge is 2.13. The van der Waals surface area contributed by atoms with E-state index in [1.165, 1.54) is 0 Å². The van der Waals surface area contributed by atoms with Crippen molar-refractivity contribution >= 4 is 22.6 Å². The Bertz CT molecular complexity index is 764. The van der Waals surface area contributed by atoms with E-state index in [1.807, 2.05) is 41.0 Å². The van der Waals surface area contributed by atoms with Gasteiger partial charge < -0.3 is 9.67 Å². The molecule has 0 spiro atoms. The van der Waals surface area contributed by atoms with E-state index in [4.69, 9.17) is 16.6 Å². The van der Waals surface area contributed by atoms with Gasteiger partial charge in [-0.15, -0.1) is 0 Å². The quantitative estimate of drug-likeness (QED) is 0.798. The van der Waals surface area contributed by atoms with Gasteiger partial charge in [0.25, 0.3) is 0 Å². The molecule has 102 valence electrons. The molecule has 3 nitrogen and oxygen atoms in total. The first-order valence-corrected chi connectivity index (χ1v) is 6.91. The number of rotatable bonds is 3. The summed E-state index contributed by atoms with van der Waals surface area (Å²) in [5.74, 6) is 0.870. The largest absolute Gasteiger partial charge is 0.395 e. The molecular formula is C16H15ClN2O. The van der Waals surface area contributed by atoms with Crippen molar-refractivity contribution in [3.8, 4) is 11.4 Å². The van der Waals surface area contributed by atoms with Gasteiger partial charge in [-0.05, 0) is 30.7 Å². The number of halogens is 1. The number of benzene rings is 2. The van der Waals surface area contributed by atoms with Crippen LogP contribution in [0.15, 0.2) is 42.5 Å². The lowest BCUT2D eigenvalue weighted by Crippen LogP contribution is -2.04. The molecule has 0 saturated heterocycles. The van der Waals surface area contributed by atoms with Crippen molar-refractivity contribution in [2.24, 2.45) is 0 Å². The van der Waals surface area contributed by atoms with Crippen molar-refractivity contribution in [2.75, 3.05) is 6.61 Å². The molecule has 0 radical (unpaired) electrons. The first-order chi connectivity index (χ1) is 9.70. The summed E-state index contributed by atoms with van der Waals surface area (Å²) in [4.78, 5) is 4.70. The minimum Gasteiger partial charge on any atom is -0.395 e. The maximum absolute atomic E-state index is 9.33. The lowest BCUT2D eigenvalue weighted by Gasteiger charge is -2.09. The van der Waals surface area contributed by atoms with Crippen molar-refractivity contribution in [1.29, 1.82) is 0 Å². The molecule has 3 aromatic rings. The van der Waals surface area contributed by atoms with Crippen LogP contribution < -0.4 is 0 Å². The second-order valence-corrected chi connectivity index (χ2v) is 5.20. The summed E-state index contributed by atoms with van der Waals surface area (Å²) >= 11 is 6.07. The minimum atomic E-state index is 0.0663. The second-order valence-electron chi connectivity index (χ2n) is 4.76. The molecule has 1 aromatic heterocycles. The fraction of sp³-hybridized carbons (Fsp3) is 0.188. The van der Waals surface area contributed by atoms with Gasteiger partial charge in [0.1, 0.15) is 5.82 Å². The van der Waals surface area contributed by atoms with Gasteiger partial charge in [0.05, 0.1) is 17.6 Å². The van der Waals surface area contributed by atoms with Gasteiger partial charge in [0.2, 0.25) is 0 Å². The van der Waals surface area contributed by atoms with E-state index in [9.17, 15) is 5.11 Å². The Hall–Kier alpha value is -1.84. The van der Waals surface area contributed by atoms with Crippen LogP contribution in [0.2, 0.25) is 5.02 Å². The lowest BCUT2D eigenvalue weighted by atomic mass is 10.1. The average molecular weight is 287 g/mol. The van der Waals surface area contributed by atoms with Crippen LogP contribution in [0.3, 0.4) is 0 Å². The monoisotopic (exact) mass is 286 g/mol. The van der Waals surface area contributed by atoms with Crippen LogP contribution in [-0.4, -0.2) is 21.3 Å². The summed E-state index contributed by atoms with van der Waals surface area (Å²) in [6, 6.07) is 13.8. The Morgan fingerprint density at radius 2 is 2.00 bits per heavy atom. The Morgan fingerprint density at radius 1 is 1.20 bits per heavy atom. The molecule has 2 aromatic carbocycles. The highest BCUT2D eigenvalue weighted by molar-refractivity contribution is 6.31. The van der Waals surface area contributed by atoms with E-state index < -0.39 is 0 Å². The van der Waals surface area contributed by atoms with E-state index >= 15 is 0 Å². The Labute approximate surface area is 122 Å². The molecular weight excluding hydrogens is 272 g/mol. The fourth-order valence-corrected chi connectivity index (χ4v) is 2.62. The molecule has 20 heavy (non-hydrogen) atoms. The highest BCUT2D eigenvalue weighted by atomic mass is 35.5. The zero-order valence-electron chi connectivity index (χ0n) is 11.2. The van der Waals surface area contributed by atoms with Crippen LogP contribution in [0.1, 0.15) is 5.56 Å². The van der Waals surface area contributed by atoms with Crippen molar-refractivity contribution in [3.63, 3.8) is 0 Å². The lowest BCUT2D eigenvalue weighted by molar-refractivity contribution is 0.278. The summed E-state index contributed by atoms with van der Waals surface area (Å²) in [7, 11) is 0. The van der Waals surface area contributed by atoms with Crippen molar-refractivity contribution in [1.82, 2.24) is 9.55 Å². The van der Waals surface area contributed by atoms with Crippen molar-refractivity contribution in [2.45, 2.75) is 13.5 Å². The van der Waals surface area contributed by atoms with E-state index in [1.54, 1.807) is 0 Å². The van der Waals surface area contributed by atoms with Gasteiger partial charge in [0, 0.05) is 17.1 Å². The van der Waals surface area contributed by atoms with Gasteiger partial charge in [-0.25, -0.2) is 4.98 Å². The van der Waals surface area contributed by atoms with Crippen LogP contribution in [0, 0.1) is 6.92 Å². The van der Waals surface area contributed by atoms with E-state index in [0.29, 0.717) is 11.6 Å². The summed E-state index contributed by atoms with van der Waals surface area (Å²) < 4.78 is 2.02. The fourth-order valence-electron chi connectivity index (χ4n) is 2.45. The summed E-state index contributed by atoms with van der Waals surface area (Å²) in [5, 5.41) is 10.00. The number of fused-ring (bicyclic) bond motifs is 1. The Balaban J connectivity index is 2.30. The van der Waals surface area contributed by atoms with Crippen LogP contribution in [0.5, 0.6) is 0 Å². The molecule has 0 aliphatic heterocycles. The van der Waals surface area contributed by atoms with E-state index in [2.05, 4.69) is 13.0 Å². The predicted octanol–water partition coefficient (Wildman–Crippen LogP) is 3.66. The smallest absolute Gasteiger partial charge is 0.141 e. The SMILES string of the molecule is Cc1ccccc1-c1nc2ccc(Cl)cc2n1CCO. The normalized spacial score (nSPS) is 11.2. The number of hydrogen-bond donors (Lipinski definition) is 1. The maximum Gasteiger partial charge on any atom is 0.141 e. The third-order valence-corrected chi connectivity index (χ3v) is 3.65. The van der Waals surface area contributed by atoms with Crippen LogP contribution in [0.4, 0.5) is 0 Å². The molecule has 0 amide bonds. The predicted molar refractivity (Wildman–Crippen MR) is 82.0 cm³/mol. The summed E-state index contributed by atoms with van der Waals surface area (Å²) in [6.45, 7) is 2.63. The molecule has 0 aliphatic carbocycles. The van der Waals surface area contributed by atoms with Crippen LogP contribution in [-0.2, 0) is 6.54 Å². The molecule has 1 N–H and O–H groups in total. The molecule has 0 unspecified atom stereocenters. The molecule has 0 atom stereocenters. The molecule has 0 bridgehead atoms. The Kier molecular flexibility index (Phi) is 3.47. The van der Waals surface area contributed by atoms with E-state index in [0.717, 1.165) is 28.0 Å². The number of aliphatic hydroxyl groups is 1. The number of hydrogen-bond acceptors (Lipinski definition) is 2. The third-order valence-electron chi connectivity index (χ3n) is 3.42. The first kappa shape index (κ1) is 13.2. The van der Waals surface area contributed by atoms with E-state index in [-0.39, 0.29) is 6.61 Å². The van der Waals surface area contributed by atoms with Crippen molar-refractivity contribution in [3.05, 3.63) is 53.1 Å². The Morgan fingerprint density at radius 3 is 2.75 bits per heavy atom. The second kappa shape index (κ2) is 5.27. The highest BCUT2D eigenvalue weighted by Crippen LogP contribution is 2.28. The van der Waals surface area contributed by atoms with Gasteiger partial charge in [-0.2, -0.15) is 0 Å². The van der Waals surface area contributed by atoms with Gasteiger partial charge in [-0.3, -0.25) is 0 Å². The summed E-state index contributed by atoms with van der Waals surface area (Å²) in [6.07, 6.45) is 0. The van der Waals surface area contributed by atoms with Gasteiger partial charge in [-0.1, -0.05) is 35.9 Å². The van der Waals surface area contributed by atoms with Crippen molar-refractivity contribution < 1.29 is 5.11 Å². The molecule has 3 rings (SSSR count). The number of imidazole rings is 1. The molecule has 0 saturated carbocycles. The number of nitrogens with zero attached hydrogens (tertiary/aromatic N) is 2. The number of aliphatic hydroxyl groups excluding tert-OH is 1. The summed E-state index contributed by atoms with van der Waals surface area (Å²) in [5.41, 5.74) is 4.08.